The van der Waals surface area contributed by atoms with Gasteiger partial charge >= 0.3 is 0 Å². The van der Waals surface area contributed by atoms with Crippen molar-refractivity contribution in [2.45, 2.75) is 38.6 Å². The fraction of sp³-hybridized carbons (Fsp3) is 0.667. The third-order valence-electron chi connectivity index (χ3n) is 2.66. The Balaban J connectivity index is 2.44. The maximum absolute atomic E-state index is 5.51. The number of aromatic amines is 1. The molecule has 0 saturated carbocycles. The van der Waals surface area contributed by atoms with Gasteiger partial charge in [-0.15, -0.1) is 0 Å². The molecule has 0 aliphatic heterocycles. The third kappa shape index (κ3) is 0.966. The minimum atomic E-state index is 0.249. The number of aryl methyl sites for hydroxylation is 1. The van der Waals surface area contributed by atoms with Crippen molar-refractivity contribution >= 4 is 0 Å². The molecular formula is C9H15N3. The molecule has 12 heavy (non-hydrogen) atoms. The molecule has 2 rings (SSSR count). The van der Waals surface area contributed by atoms with Crippen molar-refractivity contribution in [2.75, 3.05) is 0 Å². The van der Waals surface area contributed by atoms with Crippen molar-refractivity contribution in [1.82, 2.24) is 9.97 Å². The molecule has 0 spiro atoms. The summed E-state index contributed by atoms with van der Waals surface area (Å²) >= 11 is 0. The predicted molar refractivity (Wildman–Crippen MR) is 47.8 cm³/mol. The highest BCUT2D eigenvalue weighted by Crippen LogP contribution is 2.36. The highest BCUT2D eigenvalue weighted by molar-refractivity contribution is 5.28. The Morgan fingerprint density at radius 3 is 2.92 bits per heavy atom. The largest absolute Gasteiger partial charge is 0.345 e. The second-order valence-electron chi connectivity index (χ2n) is 4.10. The second-order valence-corrected chi connectivity index (χ2v) is 4.10. The van der Waals surface area contributed by atoms with Crippen LogP contribution in [0.15, 0.2) is 0 Å². The average Bonchev–Trinajstić information content (AvgIpc) is 2.53. The Kier molecular flexibility index (Phi) is 1.51. The number of hydrogen-bond acceptors (Lipinski definition) is 2. The molecule has 0 atom stereocenters. The van der Waals surface area contributed by atoms with Crippen LogP contribution in [-0.2, 0) is 18.4 Å². The van der Waals surface area contributed by atoms with Gasteiger partial charge < -0.3 is 10.7 Å². The molecule has 1 aromatic rings. The average molecular weight is 165 g/mol. The molecule has 0 radical (unpaired) electrons. The Hall–Kier alpha value is -0.830. The van der Waals surface area contributed by atoms with Crippen molar-refractivity contribution in [3.63, 3.8) is 0 Å². The summed E-state index contributed by atoms with van der Waals surface area (Å²) in [5.74, 6) is 0.924. The first-order chi connectivity index (χ1) is 5.63. The molecule has 3 N–H and O–H groups in total. The molecule has 0 unspecified atom stereocenters. The van der Waals surface area contributed by atoms with E-state index in [1.165, 1.54) is 17.8 Å². The van der Waals surface area contributed by atoms with E-state index < -0.39 is 0 Å². The Morgan fingerprint density at radius 1 is 1.58 bits per heavy atom. The molecule has 1 heterocycles. The van der Waals surface area contributed by atoms with Gasteiger partial charge in [0.05, 0.1) is 12.2 Å². The van der Waals surface area contributed by atoms with Crippen LogP contribution >= 0.6 is 0 Å². The topological polar surface area (TPSA) is 54.7 Å². The first kappa shape index (κ1) is 7.80. The summed E-state index contributed by atoms with van der Waals surface area (Å²) in [5.41, 5.74) is 8.27. The van der Waals surface area contributed by atoms with Crippen LogP contribution in [0.3, 0.4) is 0 Å². The lowest BCUT2D eigenvalue weighted by Crippen LogP contribution is -2.13. The number of fused-ring (bicyclic) bond motifs is 1. The molecule has 0 fully saturated rings. The van der Waals surface area contributed by atoms with Crippen LogP contribution in [0.1, 0.15) is 37.5 Å². The van der Waals surface area contributed by atoms with Crippen LogP contribution in [0.2, 0.25) is 0 Å². The number of nitrogens with one attached hydrogen (secondary N) is 1. The minimum Gasteiger partial charge on any atom is -0.345 e. The number of H-pyrrole nitrogens is 1. The molecule has 66 valence electrons. The van der Waals surface area contributed by atoms with Gasteiger partial charge in [0.15, 0.2) is 0 Å². The van der Waals surface area contributed by atoms with E-state index in [0.29, 0.717) is 6.54 Å². The van der Waals surface area contributed by atoms with Crippen molar-refractivity contribution in [1.29, 1.82) is 0 Å². The zero-order chi connectivity index (χ0) is 8.77. The van der Waals surface area contributed by atoms with Gasteiger partial charge in [0, 0.05) is 11.1 Å². The highest BCUT2D eigenvalue weighted by Gasteiger charge is 2.32. The van der Waals surface area contributed by atoms with E-state index in [1.807, 2.05) is 0 Å². The van der Waals surface area contributed by atoms with Crippen LogP contribution in [0.25, 0.3) is 0 Å². The summed E-state index contributed by atoms with van der Waals surface area (Å²) < 4.78 is 0. The molecule has 3 nitrogen and oxygen atoms in total. The first-order valence-corrected chi connectivity index (χ1v) is 4.42. The Labute approximate surface area is 72.4 Å². The monoisotopic (exact) mass is 165 g/mol. The van der Waals surface area contributed by atoms with Gasteiger partial charge in [-0.1, -0.05) is 13.8 Å². The minimum absolute atomic E-state index is 0.249. The van der Waals surface area contributed by atoms with E-state index in [9.17, 15) is 0 Å². The van der Waals surface area contributed by atoms with Gasteiger partial charge in [0.2, 0.25) is 0 Å². The summed E-state index contributed by atoms with van der Waals surface area (Å²) in [4.78, 5) is 7.74. The lowest BCUT2D eigenvalue weighted by atomic mass is 9.91. The van der Waals surface area contributed by atoms with E-state index in [-0.39, 0.29) is 5.41 Å². The van der Waals surface area contributed by atoms with E-state index in [4.69, 9.17) is 5.73 Å². The van der Waals surface area contributed by atoms with Gasteiger partial charge in [-0.25, -0.2) is 4.98 Å². The first-order valence-electron chi connectivity index (χ1n) is 4.42. The van der Waals surface area contributed by atoms with Crippen LogP contribution in [-0.4, -0.2) is 9.97 Å². The highest BCUT2D eigenvalue weighted by atomic mass is 15.0. The molecule has 3 heteroatoms. The van der Waals surface area contributed by atoms with E-state index in [1.54, 1.807) is 0 Å². The molecule has 1 aliphatic carbocycles. The van der Waals surface area contributed by atoms with Crippen molar-refractivity contribution < 1.29 is 0 Å². The van der Waals surface area contributed by atoms with Crippen LogP contribution in [0, 0.1) is 0 Å². The maximum Gasteiger partial charge on any atom is 0.120 e. The number of rotatable bonds is 1. The van der Waals surface area contributed by atoms with Crippen LogP contribution < -0.4 is 5.73 Å². The van der Waals surface area contributed by atoms with Gasteiger partial charge in [-0.2, -0.15) is 0 Å². The zero-order valence-corrected chi connectivity index (χ0v) is 7.65. The molecule has 0 aromatic carbocycles. The SMILES string of the molecule is CC1(C)CCc2[nH]c(CN)nc21. The van der Waals surface area contributed by atoms with E-state index >= 15 is 0 Å². The normalized spacial score (nSPS) is 19.6. The third-order valence-corrected chi connectivity index (χ3v) is 2.66. The number of imidazole rings is 1. The fourth-order valence-corrected chi connectivity index (χ4v) is 1.86. The molecule has 0 bridgehead atoms. The van der Waals surface area contributed by atoms with Crippen molar-refractivity contribution in [3.8, 4) is 0 Å². The van der Waals surface area contributed by atoms with Crippen LogP contribution in [0.4, 0.5) is 0 Å². The van der Waals surface area contributed by atoms with Gasteiger partial charge in [0.1, 0.15) is 5.82 Å². The smallest absolute Gasteiger partial charge is 0.120 e. The molecule has 0 amide bonds. The van der Waals surface area contributed by atoms with Gasteiger partial charge in [-0.3, -0.25) is 0 Å². The predicted octanol–water partition coefficient (Wildman–Crippen LogP) is 1.09. The number of hydrogen-bond donors (Lipinski definition) is 2. The number of nitrogens with two attached hydrogens (primary N) is 1. The summed E-state index contributed by atoms with van der Waals surface area (Å²) in [7, 11) is 0. The van der Waals surface area contributed by atoms with E-state index in [2.05, 4.69) is 23.8 Å². The van der Waals surface area contributed by atoms with E-state index in [0.717, 1.165) is 12.2 Å². The Morgan fingerprint density at radius 2 is 2.33 bits per heavy atom. The van der Waals surface area contributed by atoms with Gasteiger partial charge in [0.25, 0.3) is 0 Å². The summed E-state index contributed by atoms with van der Waals surface area (Å²) in [6, 6.07) is 0. The summed E-state index contributed by atoms with van der Waals surface area (Å²) in [5, 5.41) is 0. The second kappa shape index (κ2) is 2.33. The summed E-state index contributed by atoms with van der Waals surface area (Å²) in [6.45, 7) is 4.99. The number of nitrogens with zero attached hydrogens (tertiary/aromatic N) is 1. The lowest BCUT2D eigenvalue weighted by Gasteiger charge is -2.15. The van der Waals surface area contributed by atoms with Crippen molar-refractivity contribution in [2.24, 2.45) is 5.73 Å². The number of aromatic nitrogens is 2. The molecule has 1 aromatic heterocycles. The Bertz CT molecular complexity index is 299. The zero-order valence-electron chi connectivity index (χ0n) is 7.65. The molecule has 0 saturated heterocycles. The maximum atomic E-state index is 5.51. The molecular weight excluding hydrogens is 150 g/mol. The van der Waals surface area contributed by atoms with Crippen molar-refractivity contribution in [3.05, 3.63) is 17.2 Å². The van der Waals surface area contributed by atoms with Gasteiger partial charge in [-0.05, 0) is 12.8 Å². The summed E-state index contributed by atoms with van der Waals surface area (Å²) in [6.07, 6.45) is 2.32. The standard InChI is InChI=1S/C9H15N3/c1-9(2)4-3-6-8(9)12-7(5-10)11-6/h3-5,10H2,1-2H3,(H,11,12). The molecule has 1 aliphatic rings. The fourth-order valence-electron chi connectivity index (χ4n) is 1.86. The quantitative estimate of drug-likeness (QED) is 0.654. The lowest BCUT2D eigenvalue weighted by molar-refractivity contribution is 0.506. The van der Waals surface area contributed by atoms with Crippen LogP contribution in [0.5, 0.6) is 0 Å².